The van der Waals surface area contributed by atoms with Crippen molar-refractivity contribution < 1.29 is 9.90 Å². The fourth-order valence-electron chi connectivity index (χ4n) is 2.01. The van der Waals surface area contributed by atoms with Crippen LogP contribution in [0.25, 0.3) is 10.9 Å². The maximum absolute atomic E-state index is 11.2. The molecule has 0 unspecified atom stereocenters. The molecule has 0 bridgehead atoms. The minimum Gasteiger partial charge on any atom is -0.478 e. The number of fused-ring (bicyclic) bond motifs is 1. The Morgan fingerprint density at radius 2 is 1.95 bits per heavy atom. The summed E-state index contributed by atoms with van der Waals surface area (Å²) in [6.07, 6.45) is 1.47. The minimum atomic E-state index is -0.988. The number of carboxylic acid groups (broad SMARTS) is 1. The molecule has 0 radical (unpaired) electrons. The molecule has 5 nitrogen and oxygen atoms in total. The zero-order valence-electron chi connectivity index (χ0n) is 10.7. The Balaban J connectivity index is 2.03. The molecule has 0 aliphatic rings. The molecule has 1 heterocycles. The molecule has 104 valence electrons. The molecule has 1 aromatic heterocycles. The second kappa shape index (κ2) is 5.49. The van der Waals surface area contributed by atoms with E-state index in [1.54, 1.807) is 18.2 Å². The zero-order chi connectivity index (χ0) is 14.8. The van der Waals surface area contributed by atoms with Gasteiger partial charge in [0.15, 0.2) is 0 Å². The molecule has 3 rings (SSSR count). The molecule has 3 aromatic rings. The third-order valence-electron chi connectivity index (χ3n) is 3.00. The Morgan fingerprint density at radius 3 is 2.76 bits per heavy atom. The Hall–Kier alpha value is -2.47. The van der Waals surface area contributed by atoms with Crippen LogP contribution in [-0.2, 0) is 0 Å². The van der Waals surface area contributed by atoms with Crippen molar-refractivity contribution in [2.45, 2.75) is 0 Å². The van der Waals surface area contributed by atoms with Crippen LogP contribution in [0.4, 0.5) is 11.5 Å². The van der Waals surface area contributed by atoms with Crippen molar-refractivity contribution in [1.29, 1.82) is 0 Å². The molecular formula is C15H10BrN3O2. The van der Waals surface area contributed by atoms with Crippen LogP contribution in [0.3, 0.4) is 0 Å². The Bertz CT molecular complexity index is 831. The first-order chi connectivity index (χ1) is 10.1. The summed E-state index contributed by atoms with van der Waals surface area (Å²) >= 11 is 3.22. The van der Waals surface area contributed by atoms with Crippen LogP contribution in [0.1, 0.15) is 10.4 Å². The van der Waals surface area contributed by atoms with E-state index >= 15 is 0 Å². The Labute approximate surface area is 128 Å². The lowest BCUT2D eigenvalue weighted by Gasteiger charge is -2.09. The number of benzene rings is 2. The van der Waals surface area contributed by atoms with Gasteiger partial charge in [-0.2, -0.15) is 0 Å². The van der Waals surface area contributed by atoms with Crippen molar-refractivity contribution in [3.05, 3.63) is 58.8 Å². The summed E-state index contributed by atoms with van der Waals surface area (Å²) in [5, 5.41) is 13.2. The SMILES string of the molecule is O=C(O)c1cc(Nc2ncnc3ccccc23)ccc1Br. The molecule has 0 aliphatic carbocycles. The van der Waals surface area contributed by atoms with Gasteiger partial charge in [-0.25, -0.2) is 14.8 Å². The molecule has 0 aliphatic heterocycles. The molecule has 0 spiro atoms. The van der Waals surface area contributed by atoms with E-state index in [0.717, 1.165) is 10.9 Å². The maximum Gasteiger partial charge on any atom is 0.336 e. The summed E-state index contributed by atoms with van der Waals surface area (Å²) in [6, 6.07) is 12.6. The van der Waals surface area contributed by atoms with Gasteiger partial charge in [-0.3, -0.25) is 0 Å². The van der Waals surface area contributed by atoms with Gasteiger partial charge in [-0.1, -0.05) is 12.1 Å². The molecule has 2 N–H and O–H groups in total. The Morgan fingerprint density at radius 1 is 1.14 bits per heavy atom. The van der Waals surface area contributed by atoms with E-state index < -0.39 is 5.97 Å². The van der Waals surface area contributed by atoms with Gasteiger partial charge in [-0.15, -0.1) is 0 Å². The summed E-state index contributed by atoms with van der Waals surface area (Å²) in [7, 11) is 0. The number of carbonyl (C=O) groups is 1. The van der Waals surface area contributed by atoms with Crippen LogP contribution in [0.15, 0.2) is 53.3 Å². The van der Waals surface area contributed by atoms with Gasteiger partial charge in [0, 0.05) is 15.5 Å². The van der Waals surface area contributed by atoms with Crippen molar-refractivity contribution >= 4 is 44.3 Å². The van der Waals surface area contributed by atoms with Gasteiger partial charge < -0.3 is 10.4 Å². The van der Waals surface area contributed by atoms with E-state index in [9.17, 15) is 4.79 Å². The van der Waals surface area contributed by atoms with Gasteiger partial charge in [0.1, 0.15) is 12.1 Å². The number of nitrogens with zero attached hydrogens (tertiary/aromatic N) is 2. The fourth-order valence-corrected chi connectivity index (χ4v) is 2.42. The number of hydrogen-bond donors (Lipinski definition) is 2. The Kier molecular flexibility index (Phi) is 3.53. The number of hydrogen-bond acceptors (Lipinski definition) is 4. The van der Waals surface area contributed by atoms with Gasteiger partial charge in [0.05, 0.1) is 11.1 Å². The van der Waals surface area contributed by atoms with Crippen molar-refractivity contribution in [3.63, 3.8) is 0 Å². The fraction of sp³-hybridized carbons (Fsp3) is 0. The normalized spacial score (nSPS) is 10.5. The number of nitrogens with one attached hydrogen (secondary N) is 1. The summed E-state index contributed by atoms with van der Waals surface area (Å²) in [5.74, 6) is -0.350. The third kappa shape index (κ3) is 2.71. The highest BCUT2D eigenvalue weighted by atomic mass is 79.9. The molecule has 0 amide bonds. The lowest BCUT2D eigenvalue weighted by atomic mass is 10.2. The molecule has 21 heavy (non-hydrogen) atoms. The van der Waals surface area contributed by atoms with E-state index in [-0.39, 0.29) is 5.56 Å². The second-order valence-electron chi connectivity index (χ2n) is 4.36. The highest BCUT2D eigenvalue weighted by molar-refractivity contribution is 9.10. The number of carboxylic acids is 1. The molecule has 6 heteroatoms. The molecule has 0 atom stereocenters. The number of para-hydroxylation sites is 1. The first-order valence-electron chi connectivity index (χ1n) is 6.15. The van der Waals surface area contributed by atoms with Crippen LogP contribution >= 0.6 is 15.9 Å². The zero-order valence-corrected chi connectivity index (χ0v) is 12.3. The third-order valence-corrected chi connectivity index (χ3v) is 3.69. The lowest BCUT2D eigenvalue weighted by Crippen LogP contribution is -2.01. The van der Waals surface area contributed by atoms with Gasteiger partial charge in [-0.05, 0) is 46.3 Å². The monoisotopic (exact) mass is 343 g/mol. The van der Waals surface area contributed by atoms with Crippen LogP contribution in [0.5, 0.6) is 0 Å². The standard InChI is InChI=1S/C15H10BrN3O2/c16-12-6-5-9(7-11(12)15(20)21)19-14-10-3-1-2-4-13(10)17-8-18-14/h1-8H,(H,20,21)(H,17,18,19). The average molecular weight is 344 g/mol. The minimum absolute atomic E-state index is 0.193. The van der Waals surface area contributed by atoms with Crippen molar-refractivity contribution in [2.24, 2.45) is 0 Å². The summed E-state index contributed by atoms with van der Waals surface area (Å²) in [4.78, 5) is 19.6. The van der Waals surface area contributed by atoms with Gasteiger partial charge in [0.2, 0.25) is 0 Å². The van der Waals surface area contributed by atoms with Gasteiger partial charge in [0.25, 0.3) is 0 Å². The summed E-state index contributed by atoms with van der Waals surface area (Å²) < 4.78 is 0.535. The average Bonchev–Trinajstić information content (AvgIpc) is 2.49. The quantitative estimate of drug-likeness (QED) is 0.755. The first kappa shape index (κ1) is 13.5. The topological polar surface area (TPSA) is 75.1 Å². The summed E-state index contributed by atoms with van der Waals surface area (Å²) in [5.41, 5.74) is 1.67. The second-order valence-corrected chi connectivity index (χ2v) is 5.22. The molecule has 2 aromatic carbocycles. The van der Waals surface area contributed by atoms with E-state index in [4.69, 9.17) is 5.11 Å². The van der Waals surface area contributed by atoms with Crippen LogP contribution in [0, 0.1) is 0 Å². The molecule has 0 saturated carbocycles. The smallest absolute Gasteiger partial charge is 0.336 e. The molecular weight excluding hydrogens is 334 g/mol. The highest BCUT2D eigenvalue weighted by Gasteiger charge is 2.10. The highest BCUT2D eigenvalue weighted by Crippen LogP contribution is 2.26. The predicted octanol–water partition coefficient (Wildman–Crippen LogP) is 3.83. The molecule has 0 fully saturated rings. The van der Waals surface area contributed by atoms with Gasteiger partial charge >= 0.3 is 5.97 Å². The van der Waals surface area contributed by atoms with Crippen LogP contribution in [-0.4, -0.2) is 21.0 Å². The largest absolute Gasteiger partial charge is 0.478 e. The number of halogens is 1. The van der Waals surface area contributed by atoms with E-state index in [2.05, 4.69) is 31.2 Å². The van der Waals surface area contributed by atoms with Crippen LogP contribution < -0.4 is 5.32 Å². The van der Waals surface area contributed by atoms with E-state index in [0.29, 0.717) is 16.0 Å². The number of aromatic carboxylic acids is 1. The van der Waals surface area contributed by atoms with E-state index in [1.807, 2.05) is 24.3 Å². The maximum atomic E-state index is 11.2. The number of anilines is 2. The van der Waals surface area contributed by atoms with Crippen molar-refractivity contribution in [3.8, 4) is 0 Å². The summed E-state index contributed by atoms with van der Waals surface area (Å²) in [6.45, 7) is 0. The number of rotatable bonds is 3. The van der Waals surface area contributed by atoms with Crippen molar-refractivity contribution in [1.82, 2.24) is 9.97 Å². The predicted molar refractivity (Wildman–Crippen MR) is 83.9 cm³/mol. The molecule has 0 saturated heterocycles. The van der Waals surface area contributed by atoms with Crippen LogP contribution in [0.2, 0.25) is 0 Å². The van der Waals surface area contributed by atoms with Crippen molar-refractivity contribution in [2.75, 3.05) is 5.32 Å². The first-order valence-corrected chi connectivity index (χ1v) is 6.94. The number of aromatic nitrogens is 2. The lowest BCUT2D eigenvalue weighted by molar-refractivity contribution is 0.0696. The van der Waals surface area contributed by atoms with E-state index in [1.165, 1.54) is 6.33 Å².